The van der Waals surface area contributed by atoms with E-state index in [-0.39, 0.29) is 0 Å². The highest BCUT2D eigenvalue weighted by atomic mass is 16.5. The lowest BCUT2D eigenvalue weighted by Crippen LogP contribution is -2.11. The van der Waals surface area contributed by atoms with Crippen LogP contribution in [-0.2, 0) is 0 Å². The van der Waals surface area contributed by atoms with Gasteiger partial charge in [0.05, 0.1) is 5.69 Å². The van der Waals surface area contributed by atoms with Crippen LogP contribution in [0.2, 0.25) is 0 Å². The number of para-hydroxylation sites is 2. The highest BCUT2D eigenvalue weighted by Gasteiger charge is 2.19. The van der Waals surface area contributed by atoms with Gasteiger partial charge < -0.3 is 9.64 Å². The van der Waals surface area contributed by atoms with Gasteiger partial charge in [0.1, 0.15) is 11.5 Å². The zero-order valence-electron chi connectivity index (χ0n) is 18.6. The fraction of sp³-hybridized carbons (Fsp3) is 0. The second-order valence-electron chi connectivity index (χ2n) is 8.25. The Labute approximate surface area is 199 Å². The van der Waals surface area contributed by atoms with Gasteiger partial charge in [-0.25, -0.2) is 0 Å². The molecule has 0 saturated carbocycles. The number of benzene rings is 6. The van der Waals surface area contributed by atoms with E-state index in [1.165, 1.54) is 21.5 Å². The molecule has 0 heterocycles. The van der Waals surface area contributed by atoms with Crippen molar-refractivity contribution in [2.24, 2.45) is 0 Å². The summed E-state index contributed by atoms with van der Waals surface area (Å²) < 4.78 is 6.19. The predicted octanol–water partition coefficient (Wildman–Crippen LogP) is 9.26. The van der Waals surface area contributed by atoms with Crippen LogP contribution in [0.4, 0.5) is 17.1 Å². The lowest BCUT2D eigenvalue weighted by atomic mass is 9.99. The average molecular weight is 438 g/mol. The molecule has 2 nitrogen and oxygen atoms in total. The van der Waals surface area contributed by atoms with E-state index in [4.69, 9.17) is 4.74 Å². The van der Waals surface area contributed by atoms with Gasteiger partial charge in [0.15, 0.2) is 0 Å². The van der Waals surface area contributed by atoms with E-state index in [2.05, 4.69) is 108 Å². The summed E-state index contributed by atoms with van der Waals surface area (Å²) in [5.74, 6) is 1.62. The summed E-state index contributed by atoms with van der Waals surface area (Å²) in [6.45, 7) is 0. The first-order valence-corrected chi connectivity index (χ1v) is 11.5. The van der Waals surface area contributed by atoms with Crippen molar-refractivity contribution in [3.05, 3.63) is 140 Å². The van der Waals surface area contributed by atoms with E-state index < -0.39 is 0 Å². The summed E-state index contributed by atoms with van der Waals surface area (Å²) >= 11 is 0. The fourth-order valence-electron chi connectivity index (χ4n) is 4.53. The summed E-state index contributed by atoms with van der Waals surface area (Å²) in [5, 5.41) is 4.85. The standard InChI is InChI=1S/C32H23NO/c1-3-14-26(15-4-1)33(27-16-11-19-29(23-27)34-28-17-5-2-6-18-28)32-30-20-9-7-12-24(30)22-25-13-8-10-21-31(25)32/h1-23H. The zero-order chi connectivity index (χ0) is 22.7. The molecule has 0 spiro atoms. The smallest absolute Gasteiger partial charge is 0.129 e. The Hall–Kier alpha value is -4.56. The Bertz CT molecular complexity index is 1520. The minimum absolute atomic E-state index is 0.800. The average Bonchev–Trinajstić information content (AvgIpc) is 2.90. The maximum absolute atomic E-state index is 6.19. The number of hydrogen-bond donors (Lipinski definition) is 0. The molecule has 0 N–H and O–H groups in total. The summed E-state index contributed by atoms with van der Waals surface area (Å²) in [7, 11) is 0. The largest absolute Gasteiger partial charge is 0.457 e. The summed E-state index contributed by atoms with van der Waals surface area (Å²) in [4.78, 5) is 2.34. The second kappa shape index (κ2) is 8.76. The van der Waals surface area contributed by atoms with Gasteiger partial charge in [-0.3, -0.25) is 0 Å². The predicted molar refractivity (Wildman–Crippen MR) is 143 cm³/mol. The van der Waals surface area contributed by atoms with E-state index in [9.17, 15) is 0 Å². The van der Waals surface area contributed by atoms with Gasteiger partial charge in [-0.05, 0) is 53.2 Å². The van der Waals surface area contributed by atoms with Crippen LogP contribution in [0.3, 0.4) is 0 Å². The van der Waals surface area contributed by atoms with Gasteiger partial charge in [-0.15, -0.1) is 0 Å². The van der Waals surface area contributed by atoms with Crippen molar-refractivity contribution in [1.82, 2.24) is 0 Å². The van der Waals surface area contributed by atoms with Crippen molar-refractivity contribution in [2.45, 2.75) is 0 Å². The molecule has 6 aromatic carbocycles. The molecule has 0 bridgehead atoms. The lowest BCUT2D eigenvalue weighted by molar-refractivity contribution is 0.483. The molecule has 162 valence electrons. The van der Waals surface area contributed by atoms with Crippen LogP contribution in [0.25, 0.3) is 21.5 Å². The Balaban J connectivity index is 1.60. The summed E-state index contributed by atoms with van der Waals surface area (Å²) in [6, 6.07) is 48.2. The van der Waals surface area contributed by atoms with Crippen molar-refractivity contribution < 1.29 is 4.74 Å². The summed E-state index contributed by atoms with van der Waals surface area (Å²) in [5.41, 5.74) is 3.30. The molecule has 2 heteroatoms. The molecular formula is C32H23NO. The highest BCUT2D eigenvalue weighted by Crippen LogP contribution is 2.44. The number of ether oxygens (including phenoxy) is 1. The van der Waals surface area contributed by atoms with Crippen LogP contribution in [0.5, 0.6) is 11.5 Å². The molecular weight excluding hydrogens is 414 g/mol. The Kier molecular flexibility index (Phi) is 5.17. The third-order valence-electron chi connectivity index (χ3n) is 6.04. The van der Waals surface area contributed by atoms with Crippen LogP contribution < -0.4 is 9.64 Å². The molecule has 0 aliphatic rings. The Morgan fingerprint density at radius 1 is 0.412 bits per heavy atom. The molecule has 0 amide bonds. The molecule has 6 aromatic rings. The van der Waals surface area contributed by atoms with Gasteiger partial charge in [0, 0.05) is 28.2 Å². The first kappa shape index (κ1) is 20.1. The molecule has 0 radical (unpaired) electrons. The lowest BCUT2D eigenvalue weighted by Gasteiger charge is -2.28. The van der Waals surface area contributed by atoms with Crippen molar-refractivity contribution in [1.29, 1.82) is 0 Å². The molecule has 0 fully saturated rings. The van der Waals surface area contributed by atoms with E-state index in [0.717, 1.165) is 28.6 Å². The van der Waals surface area contributed by atoms with E-state index in [1.807, 2.05) is 36.4 Å². The first-order chi connectivity index (χ1) is 16.9. The third-order valence-corrected chi connectivity index (χ3v) is 6.04. The molecule has 6 rings (SSSR count). The van der Waals surface area contributed by atoms with Crippen LogP contribution in [-0.4, -0.2) is 0 Å². The van der Waals surface area contributed by atoms with Gasteiger partial charge in [0.2, 0.25) is 0 Å². The first-order valence-electron chi connectivity index (χ1n) is 11.5. The molecule has 0 aliphatic heterocycles. The maximum atomic E-state index is 6.19. The molecule has 0 atom stereocenters. The number of anilines is 3. The maximum Gasteiger partial charge on any atom is 0.129 e. The normalized spacial score (nSPS) is 10.9. The fourth-order valence-corrected chi connectivity index (χ4v) is 4.53. The van der Waals surface area contributed by atoms with Gasteiger partial charge in [0.25, 0.3) is 0 Å². The molecule has 0 aromatic heterocycles. The van der Waals surface area contributed by atoms with Gasteiger partial charge in [-0.1, -0.05) is 91.0 Å². The zero-order valence-corrected chi connectivity index (χ0v) is 18.6. The SMILES string of the molecule is c1ccc(Oc2cccc(N(c3ccccc3)c3c4ccccc4cc4ccccc34)c2)cc1. The van der Waals surface area contributed by atoms with E-state index in [1.54, 1.807) is 0 Å². The van der Waals surface area contributed by atoms with E-state index >= 15 is 0 Å². The van der Waals surface area contributed by atoms with Crippen LogP contribution in [0.1, 0.15) is 0 Å². The number of hydrogen-bond acceptors (Lipinski definition) is 2. The number of rotatable bonds is 5. The van der Waals surface area contributed by atoms with Crippen LogP contribution in [0.15, 0.2) is 140 Å². The van der Waals surface area contributed by atoms with Crippen LogP contribution >= 0.6 is 0 Å². The quantitative estimate of drug-likeness (QED) is 0.249. The van der Waals surface area contributed by atoms with Gasteiger partial charge >= 0.3 is 0 Å². The second-order valence-corrected chi connectivity index (χ2v) is 8.25. The Morgan fingerprint density at radius 3 is 1.62 bits per heavy atom. The molecule has 34 heavy (non-hydrogen) atoms. The highest BCUT2D eigenvalue weighted by molar-refractivity contribution is 6.14. The monoisotopic (exact) mass is 437 g/mol. The molecule has 0 unspecified atom stereocenters. The van der Waals surface area contributed by atoms with Crippen LogP contribution in [0, 0.1) is 0 Å². The molecule has 0 saturated heterocycles. The summed E-state index contributed by atoms with van der Waals surface area (Å²) in [6.07, 6.45) is 0. The van der Waals surface area contributed by atoms with Crippen molar-refractivity contribution in [3.63, 3.8) is 0 Å². The van der Waals surface area contributed by atoms with Crippen molar-refractivity contribution >= 4 is 38.6 Å². The topological polar surface area (TPSA) is 12.5 Å². The minimum Gasteiger partial charge on any atom is -0.457 e. The third kappa shape index (κ3) is 3.76. The molecule has 0 aliphatic carbocycles. The number of nitrogens with zero attached hydrogens (tertiary/aromatic N) is 1. The Morgan fingerprint density at radius 2 is 0.941 bits per heavy atom. The van der Waals surface area contributed by atoms with Crippen molar-refractivity contribution in [3.8, 4) is 11.5 Å². The number of fused-ring (bicyclic) bond motifs is 2. The van der Waals surface area contributed by atoms with Crippen molar-refractivity contribution in [2.75, 3.05) is 4.90 Å². The van der Waals surface area contributed by atoms with E-state index in [0.29, 0.717) is 0 Å². The van der Waals surface area contributed by atoms with Gasteiger partial charge in [-0.2, -0.15) is 0 Å². The minimum atomic E-state index is 0.800.